The summed E-state index contributed by atoms with van der Waals surface area (Å²) < 4.78 is 3.15. The molecule has 1 aromatic rings. The summed E-state index contributed by atoms with van der Waals surface area (Å²) in [5, 5.41) is 7.71. The molecule has 0 radical (unpaired) electrons. The highest BCUT2D eigenvalue weighted by atomic mass is 79.9. The van der Waals surface area contributed by atoms with Gasteiger partial charge in [-0.25, -0.2) is 0 Å². The molecular weight excluding hydrogens is 242 g/mol. The smallest absolute Gasteiger partial charge is 0.0664 e. The van der Waals surface area contributed by atoms with E-state index < -0.39 is 0 Å². The Bertz CT molecular complexity index is 281. The molecule has 4 heteroatoms. The second kappa shape index (κ2) is 5.51. The van der Waals surface area contributed by atoms with Crippen molar-refractivity contribution in [2.75, 3.05) is 0 Å². The Morgan fingerprint density at radius 1 is 1.57 bits per heavy atom. The van der Waals surface area contributed by atoms with Crippen LogP contribution in [-0.4, -0.2) is 15.8 Å². The fourth-order valence-electron chi connectivity index (χ4n) is 1.27. The van der Waals surface area contributed by atoms with Crippen LogP contribution < -0.4 is 5.32 Å². The van der Waals surface area contributed by atoms with Crippen LogP contribution in [0.1, 0.15) is 32.9 Å². The average molecular weight is 260 g/mol. The van der Waals surface area contributed by atoms with Crippen molar-refractivity contribution in [1.82, 2.24) is 15.1 Å². The molecule has 0 aliphatic rings. The maximum atomic E-state index is 4.31. The molecule has 0 amide bonds. The molecule has 0 unspecified atom stereocenters. The first-order valence-electron chi connectivity index (χ1n) is 5.08. The van der Waals surface area contributed by atoms with Crippen LogP contribution in [0, 0.1) is 0 Å². The highest BCUT2D eigenvalue weighted by molar-refractivity contribution is 9.10. The molecule has 1 aromatic heterocycles. The first-order chi connectivity index (χ1) is 6.65. The number of rotatable bonds is 5. The lowest BCUT2D eigenvalue weighted by Crippen LogP contribution is -2.24. The standard InChI is InChI=1S/C10H18BrN3/c1-4-5-14-10(7-12-8(2)3)9(11)6-13-14/h6,8,12H,4-5,7H2,1-3H3. The quantitative estimate of drug-likeness (QED) is 0.881. The van der Waals surface area contributed by atoms with Crippen LogP contribution in [0.4, 0.5) is 0 Å². The van der Waals surface area contributed by atoms with Crippen LogP contribution in [0.5, 0.6) is 0 Å². The predicted molar refractivity (Wildman–Crippen MR) is 62.2 cm³/mol. The van der Waals surface area contributed by atoms with Crippen molar-refractivity contribution in [3.63, 3.8) is 0 Å². The Morgan fingerprint density at radius 3 is 2.86 bits per heavy atom. The summed E-state index contributed by atoms with van der Waals surface area (Å²) in [5.41, 5.74) is 1.24. The highest BCUT2D eigenvalue weighted by Gasteiger charge is 2.07. The van der Waals surface area contributed by atoms with Gasteiger partial charge in [-0.1, -0.05) is 20.8 Å². The second-order valence-corrected chi connectivity index (χ2v) is 4.55. The van der Waals surface area contributed by atoms with Gasteiger partial charge in [0.1, 0.15) is 0 Å². The fourth-order valence-corrected chi connectivity index (χ4v) is 1.71. The summed E-state index contributed by atoms with van der Waals surface area (Å²) in [6, 6.07) is 0.506. The van der Waals surface area contributed by atoms with E-state index in [1.807, 2.05) is 6.20 Å². The molecule has 0 aromatic carbocycles. The van der Waals surface area contributed by atoms with Gasteiger partial charge in [0.2, 0.25) is 0 Å². The van der Waals surface area contributed by atoms with Crippen molar-refractivity contribution in [1.29, 1.82) is 0 Å². The zero-order valence-electron chi connectivity index (χ0n) is 9.05. The van der Waals surface area contributed by atoms with E-state index in [0.717, 1.165) is 24.0 Å². The van der Waals surface area contributed by atoms with E-state index in [9.17, 15) is 0 Å². The largest absolute Gasteiger partial charge is 0.309 e. The van der Waals surface area contributed by atoms with Gasteiger partial charge in [-0.15, -0.1) is 0 Å². The summed E-state index contributed by atoms with van der Waals surface area (Å²) in [6.07, 6.45) is 2.98. The molecule has 0 spiro atoms. The monoisotopic (exact) mass is 259 g/mol. The van der Waals surface area contributed by atoms with Crippen LogP contribution >= 0.6 is 15.9 Å². The van der Waals surface area contributed by atoms with E-state index in [-0.39, 0.29) is 0 Å². The fraction of sp³-hybridized carbons (Fsp3) is 0.700. The van der Waals surface area contributed by atoms with E-state index in [0.29, 0.717) is 6.04 Å². The third-order valence-corrected chi connectivity index (χ3v) is 2.67. The number of aromatic nitrogens is 2. The maximum absolute atomic E-state index is 4.31. The second-order valence-electron chi connectivity index (χ2n) is 3.70. The number of hydrogen-bond acceptors (Lipinski definition) is 2. The first-order valence-corrected chi connectivity index (χ1v) is 5.88. The lowest BCUT2D eigenvalue weighted by Gasteiger charge is -2.10. The number of hydrogen-bond donors (Lipinski definition) is 1. The minimum Gasteiger partial charge on any atom is -0.309 e. The minimum absolute atomic E-state index is 0.506. The SMILES string of the molecule is CCCn1ncc(Br)c1CNC(C)C. The van der Waals surface area contributed by atoms with Gasteiger partial charge in [0.15, 0.2) is 0 Å². The Hall–Kier alpha value is -0.350. The van der Waals surface area contributed by atoms with Crippen LogP contribution in [0.2, 0.25) is 0 Å². The Labute approximate surface area is 94.0 Å². The van der Waals surface area contributed by atoms with E-state index in [1.54, 1.807) is 0 Å². The molecule has 0 saturated heterocycles. The van der Waals surface area contributed by atoms with Gasteiger partial charge in [-0.05, 0) is 22.4 Å². The lowest BCUT2D eigenvalue weighted by atomic mass is 10.3. The summed E-state index contributed by atoms with van der Waals surface area (Å²) in [5.74, 6) is 0. The molecule has 0 atom stereocenters. The molecule has 0 bridgehead atoms. The topological polar surface area (TPSA) is 29.9 Å². The maximum Gasteiger partial charge on any atom is 0.0664 e. The highest BCUT2D eigenvalue weighted by Crippen LogP contribution is 2.16. The predicted octanol–water partition coefficient (Wildman–Crippen LogP) is 2.55. The van der Waals surface area contributed by atoms with E-state index in [1.165, 1.54) is 5.69 Å². The Kier molecular flexibility index (Phi) is 4.62. The average Bonchev–Trinajstić information content (AvgIpc) is 2.45. The van der Waals surface area contributed by atoms with Gasteiger partial charge in [0, 0.05) is 19.1 Å². The molecular formula is C10H18BrN3. The van der Waals surface area contributed by atoms with Crippen LogP contribution in [0.25, 0.3) is 0 Å². The summed E-state index contributed by atoms with van der Waals surface area (Å²) in [4.78, 5) is 0. The molecule has 1 N–H and O–H groups in total. The third kappa shape index (κ3) is 3.10. The lowest BCUT2D eigenvalue weighted by molar-refractivity contribution is 0.522. The summed E-state index contributed by atoms with van der Waals surface area (Å²) >= 11 is 3.51. The van der Waals surface area contributed by atoms with Gasteiger partial charge in [-0.2, -0.15) is 5.10 Å². The zero-order chi connectivity index (χ0) is 10.6. The summed E-state index contributed by atoms with van der Waals surface area (Å²) in [7, 11) is 0. The molecule has 0 fully saturated rings. The van der Waals surface area contributed by atoms with Gasteiger partial charge in [-0.3, -0.25) is 4.68 Å². The molecule has 0 aliphatic heterocycles. The normalized spacial score (nSPS) is 11.2. The van der Waals surface area contributed by atoms with E-state index >= 15 is 0 Å². The number of aryl methyl sites for hydroxylation is 1. The van der Waals surface area contributed by atoms with Crippen molar-refractivity contribution in [2.24, 2.45) is 0 Å². The van der Waals surface area contributed by atoms with Crippen molar-refractivity contribution in [2.45, 2.75) is 46.3 Å². The van der Waals surface area contributed by atoms with Gasteiger partial charge in [0.05, 0.1) is 16.4 Å². The number of nitrogens with zero attached hydrogens (tertiary/aromatic N) is 2. The van der Waals surface area contributed by atoms with Gasteiger partial charge in [0.25, 0.3) is 0 Å². The minimum atomic E-state index is 0.506. The Balaban J connectivity index is 2.67. The molecule has 3 nitrogen and oxygen atoms in total. The van der Waals surface area contributed by atoms with Crippen molar-refractivity contribution in [3.05, 3.63) is 16.4 Å². The molecule has 0 saturated carbocycles. The molecule has 14 heavy (non-hydrogen) atoms. The van der Waals surface area contributed by atoms with E-state index in [4.69, 9.17) is 0 Å². The van der Waals surface area contributed by atoms with Crippen LogP contribution in [0.15, 0.2) is 10.7 Å². The zero-order valence-corrected chi connectivity index (χ0v) is 10.6. The van der Waals surface area contributed by atoms with Crippen molar-refractivity contribution in [3.8, 4) is 0 Å². The molecule has 1 rings (SSSR count). The van der Waals surface area contributed by atoms with Crippen molar-refractivity contribution >= 4 is 15.9 Å². The first kappa shape index (κ1) is 11.7. The van der Waals surface area contributed by atoms with Gasteiger partial charge >= 0.3 is 0 Å². The van der Waals surface area contributed by atoms with Gasteiger partial charge < -0.3 is 5.32 Å². The molecule has 0 aliphatic carbocycles. The molecule has 80 valence electrons. The van der Waals surface area contributed by atoms with Crippen molar-refractivity contribution < 1.29 is 0 Å². The third-order valence-electron chi connectivity index (χ3n) is 2.01. The number of halogens is 1. The Morgan fingerprint density at radius 2 is 2.29 bits per heavy atom. The van der Waals surface area contributed by atoms with E-state index in [2.05, 4.69) is 51.8 Å². The molecule has 1 heterocycles. The summed E-state index contributed by atoms with van der Waals surface area (Å²) in [6.45, 7) is 8.32. The number of nitrogens with one attached hydrogen (secondary N) is 1. The van der Waals surface area contributed by atoms with Crippen LogP contribution in [0.3, 0.4) is 0 Å². The van der Waals surface area contributed by atoms with Crippen LogP contribution in [-0.2, 0) is 13.1 Å².